The lowest BCUT2D eigenvalue weighted by Crippen LogP contribution is -2.17. The molecule has 0 fully saturated rings. The van der Waals surface area contributed by atoms with Crippen molar-refractivity contribution in [3.8, 4) is 5.75 Å². The van der Waals surface area contributed by atoms with Gasteiger partial charge in [-0.05, 0) is 29.5 Å². The van der Waals surface area contributed by atoms with Crippen LogP contribution in [0, 0.1) is 12.3 Å². The zero-order valence-electron chi connectivity index (χ0n) is 10.2. The molecular formula is C13H20O2. The summed E-state index contributed by atoms with van der Waals surface area (Å²) >= 11 is 0. The van der Waals surface area contributed by atoms with Gasteiger partial charge in [-0.25, -0.2) is 0 Å². The van der Waals surface area contributed by atoms with Crippen molar-refractivity contribution in [3.63, 3.8) is 0 Å². The van der Waals surface area contributed by atoms with Crippen molar-refractivity contribution in [2.75, 3.05) is 7.11 Å². The Hall–Kier alpha value is -1.02. The normalized spacial score (nSPS) is 13.7. The SMILES string of the molecule is COc1cc(C(O)C(C)(C)C)ccc1C. The number of hydrogen-bond donors (Lipinski definition) is 1. The number of aliphatic hydroxyl groups excluding tert-OH is 1. The molecule has 1 aromatic carbocycles. The summed E-state index contributed by atoms with van der Waals surface area (Å²) in [6, 6.07) is 5.84. The van der Waals surface area contributed by atoms with Crippen LogP contribution in [0.25, 0.3) is 0 Å². The van der Waals surface area contributed by atoms with Gasteiger partial charge in [0, 0.05) is 0 Å². The molecular weight excluding hydrogens is 188 g/mol. The highest BCUT2D eigenvalue weighted by Gasteiger charge is 2.24. The van der Waals surface area contributed by atoms with E-state index in [1.165, 1.54) is 0 Å². The Bertz CT molecular complexity index is 337. The van der Waals surface area contributed by atoms with E-state index in [1.807, 2.05) is 45.9 Å². The van der Waals surface area contributed by atoms with Crippen LogP contribution in [0.3, 0.4) is 0 Å². The standard InChI is InChI=1S/C13H20O2/c1-9-6-7-10(8-11(9)15-5)12(14)13(2,3)4/h6-8,12,14H,1-5H3. The van der Waals surface area contributed by atoms with Gasteiger partial charge in [0.25, 0.3) is 0 Å². The average Bonchev–Trinajstić information content (AvgIpc) is 2.16. The van der Waals surface area contributed by atoms with E-state index in [0.29, 0.717) is 0 Å². The first-order chi connectivity index (χ1) is 6.86. The van der Waals surface area contributed by atoms with Gasteiger partial charge in [0.1, 0.15) is 5.75 Å². The molecule has 0 aliphatic heterocycles. The van der Waals surface area contributed by atoms with Crippen molar-refractivity contribution >= 4 is 0 Å². The first-order valence-corrected chi connectivity index (χ1v) is 5.19. The molecule has 0 aromatic heterocycles. The fraction of sp³-hybridized carbons (Fsp3) is 0.538. The van der Waals surface area contributed by atoms with Crippen LogP contribution in [-0.4, -0.2) is 12.2 Å². The molecule has 0 aliphatic rings. The van der Waals surface area contributed by atoms with Crippen LogP contribution < -0.4 is 4.74 Å². The second kappa shape index (κ2) is 4.23. The molecule has 0 radical (unpaired) electrons. The van der Waals surface area contributed by atoms with Gasteiger partial charge in [0.2, 0.25) is 0 Å². The lowest BCUT2D eigenvalue weighted by molar-refractivity contribution is 0.0625. The summed E-state index contributed by atoms with van der Waals surface area (Å²) in [4.78, 5) is 0. The Morgan fingerprint density at radius 2 is 1.87 bits per heavy atom. The van der Waals surface area contributed by atoms with Gasteiger partial charge in [-0.3, -0.25) is 0 Å². The summed E-state index contributed by atoms with van der Waals surface area (Å²) < 4.78 is 5.24. The third kappa shape index (κ3) is 2.72. The van der Waals surface area contributed by atoms with Gasteiger partial charge < -0.3 is 9.84 Å². The van der Waals surface area contributed by atoms with E-state index in [4.69, 9.17) is 4.74 Å². The molecule has 0 spiro atoms. The first kappa shape index (κ1) is 12.1. The van der Waals surface area contributed by atoms with Gasteiger partial charge in [-0.2, -0.15) is 0 Å². The molecule has 1 rings (SSSR count). The van der Waals surface area contributed by atoms with Crippen LogP contribution in [0.5, 0.6) is 5.75 Å². The number of hydrogen-bond acceptors (Lipinski definition) is 2. The third-order valence-electron chi connectivity index (χ3n) is 2.57. The summed E-state index contributed by atoms with van der Waals surface area (Å²) in [5.74, 6) is 0.829. The molecule has 2 nitrogen and oxygen atoms in total. The van der Waals surface area contributed by atoms with Crippen LogP contribution in [0.15, 0.2) is 18.2 Å². The molecule has 1 N–H and O–H groups in total. The molecule has 15 heavy (non-hydrogen) atoms. The van der Waals surface area contributed by atoms with Crippen molar-refractivity contribution in [1.82, 2.24) is 0 Å². The largest absolute Gasteiger partial charge is 0.496 e. The second-order valence-corrected chi connectivity index (χ2v) is 5.00. The maximum atomic E-state index is 10.1. The van der Waals surface area contributed by atoms with Crippen LogP contribution in [0.2, 0.25) is 0 Å². The van der Waals surface area contributed by atoms with Crippen LogP contribution in [0.4, 0.5) is 0 Å². The van der Waals surface area contributed by atoms with Crippen LogP contribution >= 0.6 is 0 Å². The molecule has 0 heterocycles. The summed E-state index contributed by atoms with van der Waals surface area (Å²) in [5.41, 5.74) is 1.84. The van der Waals surface area contributed by atoms with Gasteiger partial charge in [0.15, 0.2) is 0 Å². The van der Waals surface area contributed by atoms with Crippen molar-refractivity contribution in [2.24, 2.45) is 5.41 Å². The van der Waals surface area contributed by atoms with E-state index >= 15 is 0 Å². The summed E-state index contributed by atoms with van der Waals surface area (Å²) in [5, 5.41) is 10.1. The van der Waals surface area contributed by atoms with Gasteiger partial charge in [0.05, 0.1) is 13.2 Å². The Balaban J connectivity index is 3.06. The van der Waals surface area contributed by atoms with Gasteiger partial charge in [-0.1, -0.05) is 32.9 Å². The van der Waals surface area contributed by atoms with Crippen LogP contribution in [0.1, 0.15) is 38.0 Å². The topological polar surface area (TPSA) is 29.5 Å². The molecule has 84 valence electrons. The van der Waals surface area contributed by atoms with E-state index in [-0.39, 0.29) is 5.41 Å². The smallest absolute Gasteiger partial charge is 0.122 e. The van der Waals surface area contributed by atoms with Gasteiger partial charge >= 0.3 is 0 Å². The number of rotatable bonds is 2. The lowest BCUT2D eigenvalue weighted by Gasteiger charge is -2.26. The predicted molar refractivity (Wildman–Crippen MR) is 62.1 cm³/mol. The van der Waals surface area contributed by atoms with Crippen LogP contribution in [-0.2, 0) is 0 Å². The molecule has 0 aliphatic carbocycles. The minimum atomic E-state index is -0.466. The second-order valence-electron chi connectivity index (χ2n) is 5.00. The van der Waals surface area contributed by atoms with E-state index in [2.05, 4.69) is 0 Å². The molecule has 1 unspecified atom stereocenters. The van der Waals surface area contributed by atoms with E-state index < -0.39 is 6.10 Å². The Morgan fingerprint density at radius 3 is 2.33 bits per heavy atom. The molecule has 1 aromatic rings. The maximum absolute atomic E-state index is 10.1. The predicted octanol–water partition coefficient (Wildman–Crippen LogP) is 3.08. The summed E-state index contributed by atoms with van der Waals surface area (Å²) in [6.07, 6.45) is -0.466. The average molecular weight is 208 g/mol. The number of ether oxygens (including phenoxy) is 1. The highest BCUT2D eigenvalue weighted by molar-refractivity contribution is 5.37. The quantitative estimate of drug-likeness (QED) is 0.809. The first-order valence-electron chi connectivity index (χ1n) is 5.19. The highest BCUT2D eigenvalue weighted by atomic mass is 16.5. The Kier molecular flexibility index (Phi) is 3.40. The number of methoxy groups -OCH3 is 1. The lowest BCUT2D eigenvalue weighted by atomic mass is 9.84. The zero-order chi connectivity index (χ0) is 11.6. The van der Waals surface area contributed by atoms with Crippen molar-refractivity contribution < 1.29 is 9.84 Å². The highest BCUT2D eigenvalue weighted by Crippen LogP contribution is 2.34. The summed E-state index contributed by atoms with van der Waals surface area (Å²) in [6.45, 7) is 8.05. The third-order valence-corrected chi connectivity index (χ3v) is 2.57. The van der Waals surface area contributed by atoms with Gasteiger partial charge in [-0.15, -0.1) is 0 Å². The van der Waals surface area contributed by atoms with Crippen molar-refractivity contribution in [1.29, 1.82) is 0 Å². The molecule has 2 heteroatoms. The summed E-state index contributed by atoms with van der Waals surface area (Å²) in [7, 11) is 1.65. The minimum Gasteiger partial charge on any atom is -0.496 e. The van der Waals surface area contributed by atoms with Crippen molar-refractivity contribution in [3.05, 3.63) is 29.3 Å². The Labute approximate surface area is 91.9 Å². The zero-order valence-corrected chi connectivity index (χ0v) is 10.2. The van der Waals surface area contributed by atoms with E-state index in [9.17, 15) is 5.11 Å². The number of aliphatic hydroxyl groups is 1. The molecule has 1 atom stereocenters. The number of aryl methyl sites for hydroxylation is 1. The van der Waals surface area contributed by atoms with Crippen molar-refractivity contribution in [2.45, 2.75) is 33.8 Å². The molecule has 0 amide bonds. The van der Waals surface area contributed by atoms with E-state index in [1.54, 1.807) is 7.11 Å². The number of benzene rings is 1. The molecule has 0 saturated carbocycles. The Morgan fingerprint density at radius 1 is 1.27 bits per heavy atom. The molecule has 0 saturated heterocycles. The maximum Gasteiger partial charge on any atom is 0.122 e. The molecule has 0 bridgehead atoms. The monoisotopic (exact) mass is 208 g/mol. The van der Waals surface area contributed by atoms with E-state index in [0.717, 1.165) is 16.9 Å². The fourth-order valence-electron chi connectivity index (χ4n) is 1.51. The minimum absolute atomic E-state index is 0.153. The fourth-order valence-corrected chi connectivity index (χ4v) is 1.51.